The average Bonchev–Trinajstić information content (AvgIpc) is 3.03. The largest absolute Gasteiger partial charge is 0.496 e. The van der Waals surface area contributed by atoms with Crippen LogP contribution in [0.1, 0.15) is 10.4 Å². The molecule has 4 nitrogen and oxygen atoms in total. The number of hydrogen-bond donors (Lipinski definition) is 0. The SMILES string of the molecule is C#CCn1c(=NC(=O)c2cc3ccccc3cc2OC)sc2cc(Br)ccc21. The highest BCUT2D eigenvalue weighted by atomic mass is 79.9. The molecule has 1 aromatic heterocycles. The van der Waals surface area contributed by atoms with Crippen molar-refractivity contribution in [3.63, 3.8) is 0 Å². The first-order valence-corrected chi connectivity index (χ1v) is 10.1. The number of carbonyl (C=O) groups is 1. The highest BCUT2D eigenvalue weighted by Crippen LogP contribution is 2.27. The lowest BCUT2D eigenvalue weighted by Gasteiger charge is -2.07. The monoisotopic (exact) mass is 450 g/mol. The number of amides is 1. The third kappa shape index (κ3) is 3.35. The van der Waals surface area contributed by atoms with Crippen LogP contribution in [-0.2, 0) is 6.54 Å². The van der Waals surface area contributed by atoms with Gasteiger partial charge in [0.1, 0.15) is 5.75 Å². The van der Waals surface area contributed by atoms with E-state index in [2.05, 4.69) is 26.8 Å². The molecule has 1 amide bonds. The molecule has 0 spiro atoms. The van der Waals surface area contributed by atoms with Crippen molar-refractivity contribution in [1.29, 1.82) is 0 Å². The molecule has 0 aliphatic carbocycles. The lowest BCUT2D eigenvalue weighted by Crippen LogP contribution is -2.16. The normalized spacial score (nSPS) is 11.7. The molecule has 6 heteroatoms. The predicted octanol–water partition coefficient (Wildman–Crippen LogP) is 5.00. The summed E-state index contributed by atoms with van der Waals surface area (Å²) >= 11 is 4.90. The number of thiazole rings is 1. The van der Waals surface area contributed by atoms with Gasteiger partial charge in [0.2, 0.25) is 0 Å². The van der Waals surface area contributed by atoms with Gasteiger partial charge < -0.3 is 9.30 Å². The molecule has 3 aromatic carbocycles. The van der Waals surface area contributed by atoms with E-state index < -0.39 is 0 Å². The zero-order chi connectivity index (χ0) is 19.7. The molecule has 0 N–H and O–H groups in total. The third-order valence-corrected chi connectivity index (χ3v) is 5.92. The van der Waals surface area contributed by atoms with Crippen LogP contribution in [0.4, 0.5) is 0 Å². The van der Waals surface area contributed by atoms with Gasteiger partial charge in [-0.25, -0.2) is 0 Å². The zero-order valence-electron chi connectivity index (χ0n) is 15.0. The molecule has 0 saturated heterocycles. The Kier molecular flexibility index (Phi) is 5.03. The van der Waals surface area contributed by atoms with Crippen LogP contribution in [0.5, 0.6) is 5.75 Å². The van der Waals surface area contributed by atoms with Crippen molar-refractivity contribution in [3.8, 4) is 18.1 Å². The smallest absolute Gasteiger partial charge is 0.283 e. The number of aromatic nitrogens is 1. The minimum absolute atomic E-state index is 0.336. The van der Waals surface area contributed by atoms with Crippen molar-refractivity contribution < 1.29 is 9.53 Å². The highest BCUT2D eigenvalue weighted by molar-refractivity contribution is 9.10. The number of terminal acetylenes is 1. The number of carbonyl (C=O) groups excluding carboxylic acids is 1. The average molecular weight is 451 g/mol. The van der Waals surface area contributed by atoms with Crippen molar-refractivity contribution in [2.75, 3.05) is 7.11 Å². The minimum atomic E-state index is -0.362. The molecule has 138 valence electrons. The molecule has 4 aromatic rings. The number of halogens is 1. The van der Waals surface area contributed by atoms with Crippen LogP contribution in [0, 0.1) is 12.3 Å². The fourth-order valence-electron chi connectivity index (χ4n) is 3.08. The molecule has 0 unspecified atom stereocenters. The Hall–Kier alpha value is -2.88. The Balaban J connectivity index is 1.90. The van der Waals surface area contributed by atoms with Crippen LogP contribution < -0.4 is 9.54 Å². The third-order valence-electron chi connectivity index (χ3n) is 4.39. The summed E-state index contributed by atoms with van der Waals surface area (Å²) < 4.78 is 9.28. The summed E-state index contributed by atoms with van der Waals surface area (Å²) in [5, 5.41) is 1.96. The van der Waals surface area contributed by atoms with Gasteiger partial charge in [-0.1, -0.05) is 57.5 Å². The van der Waals surface area contributed by atoms with Gasteiger partial charge in [-0.05, 0) is 41.1 Å². The highest BCUT2D eigenvalue weighted by Gasteiger charge is 2.14. The maximum Gasteiger partial charge on any atom is 0.283 e. The van der Waals surface area contributed by atoms with Crippen LogP contribution in [0.15, 0.2) is 64.1 Å². The first kappa shape index (κ1) is 18.5. The van der Waals surface area contributed by atoms with Gasteiger partial charge in [-0.2, -0.15) is 4.99 Å². The molecular formula is C22H15BrN2O2S. The number of rotatable bonds is 3. The fraction of sp³-hybridized carbons (Fsp3) is 0.0909. The molecule has 0 radical (unpaired) electrons. The second-order valence-electron chi connectivity index (χ2n) is 6.10. The topological polar surface area (TPSA) is 43.6 Å². The summed E-state index contributed by atoms with van der Waals surface area (Å²) in [6.07, 6.45) is 5.54. The molecule has 1 heterocycles. The quantitative estimate of drug-likeness (QED) is 0.412. The maximum atomic E-state index is 13.0. The van der Waals surface area contributed by atoms with Crippen molar-refractivity contribution in [2.24, 2.45) is 4.99 Å². The Morgan fingerprint density at radius 3 is 2.68 bits per heavy atom. The van der Waals surface area contributed by atoms with E-state index in [9.17, 15) is 4.79 Å². The first-order valence-electron chi connectivity index (χ1n) is 8.49. The van der Waals surface area contributed by atoms with E-state index in [-0.39, 0.29) is 5.91 Å². The van der Waals surface area contributed by atoms with Crippen molar-refractivity contribution in [3.05, 3.63) is 69.4 Å². The Labute approximate surface area is 174 Å². The summed E-state index contributed by atoms with van der Waals surface area (Å²) in [6, 6.07) is 17.4. The first-order chi connectivity index (χ1) is 13.6. The summed E-state index contributed by atoms with van der Waals surface area (Å²) in [5.74, 6) is 2.78. The number of hydrogen-bond acceptors (Lipinski definition) is 3. The van der Waals surface area contributed by atoms with Gasteiger partial charge in [-0.3, -0.25) is 4.79 Å². The lowest BCUT2D eigenvalue weighted by molar-refractivity contribution is 0.0995. The van der Waals surface area contributed by atoms with Gasteiger partial charge in [0, 0.05) is 4.47 Å². The van der Waals surface area contributed by atoms with E-state index in [0.29, 0.717) is 22.7 Å². The number of ether oxygens (including phenoxy) is 1. The second-order valence-corrected chi connectivity index (χ2v) is 8.03. The van der Waals surface area contributed by atoms with Crippen LogP contribution >= 0.6 is 27.3 Å². The van der Waals surface area contributed by atoms with E-state index in [1.54, 1.807) is 7.11 Å². The number of fused-ring (bicyclic) bond motifs is 2. The van der Waals surface area contributed by atoms with Gasteiger partial charge in [0.05, 0.1) is 29.4 Å². The van der Waals surface area contributed by atoms with E-state index >= 15 is 0 Å². The van der Waals surface area contributed by atoms with Crippen molar-refractivity contribution in [1.82, 2.24) is 4.57 Å². The number of benzene rings is 3. The van der Waals surface area contributed by atoms with Gasteiger partial charge in [0.25, 0.3) is 5.91 Å². The van der Waals surface area contributed by atoms with Gasteiger partial charge in [0.15, 0.2) is 4.80 Å². The summed E-state index contributed by atoms with van der Waals surface area (Å²) in [5.41, 5.74) is 1.37. The Morgan fingerprint density at radius 1 is 1.21 bits per heavy atom. The maximum absolute atomic E-state index is 13.0. The van der Waals surface area contributed by atoms with E-state index in [1.807, 2.05) is 59.2 Å². The molecule has 28 heavy (non-hydrogen) atoms. The van der Waals surface area contributed by atoms with Crippen molar-refractivity contribution in [2.45, 2.75) is 6.54 Å². The zero-order valence-corrected chi connectivity index (χ0v) is 17.4. The fourth-order valence-corrected chi connectivity index (χ4v) is 4.66. The number of nitrogens with zero attached hydrogens (tertiary/aromatic N) is 2. The lowest BCUT2D eigenvalue weighted by atomic mass is 10.1. The van der Waals surface area contributed by atoms with E-state index in [0.717, 1.165) is 25.5 Å². The minimum Gasteiger partial charge on any atom is -0.496 e. The van der Waals surface area contributed by atoms with E-state index in [1.165, 1.54) is 11.3 Å². The van der Waals surface area contributed by atoms with Crippen LogP contribution in [0.3, 0.4) is 0 Å². The molecular weight excluding hydrogens is 436 g/mol. The number of methoxy groups -OCH3 is 1. The van der Waals surface area contributed by atoms with Crippen LogP contribution in [-0.4, -0.2) is 17.6 Å². The molecule has 0 saturated carbocycles. The second kappa shape index (κ2) is 7.63. The van der Waals surface area contributed by atoms with Gasteiger partial charge >= 0.3 is 0 Å². The summed E-state index contributed by atoms with van der Waals surface area (Å²) in [7, 11) is 1.55. The molecule has 0 aliphatic rings. The molecule has 0 fully saturated rings. The van der Waals surface area contributed by atoms with Crippen molar-refractivity contribution >= 4 is 54.2 Å². The molecule has 4 rings (SSSR count). The van der Waals surface area contributed by atoms with Crippen LogP contribution in [0.25, 0.3) is 21.0 Å². The molecule has 0 aliphatic heterocycles. The summed E-state index contributed by atoms with van der Waals surface area (Å²) in [6.45, 7) is 0.336. The predicted molar refractivity (Wildman–Crippen MR) is 117 cm³/mol. The summed E-state index contributed by atoms with van der Waals surface area (Å²) in [4.78, 5) is 18.0. The Bertz CT molecular complexity index is 1330. The van der Waals surface area contributed by atoms with Crippen LogP contribution in [0.2, 0.25) is 0 Å². The standard InChI is InChI=1S/C22H15BrN2O2S/c1-3-10-25-18-9-8-16(23)13-20(18)28-22(25)24-21(26)17-11-14-6-4-5-7-15(14)12-19(17)27-2/h1,4-9,11-13H,10H2,2H3. The Morgan fingerprint density at radius 2 is 1.96 bits per heavy atom. The van der Waals surface area contributed by atoms with Gasteiger partial charge in [-0.15, -0.1) is 6.42 Å². The molecule has 0 atom stereocenters. The van der Waals surface area contributed by atoms with E-state index in [4.69, 9.17) is 11.2 Å². The molecule has 0 bridgehead atoms.